The summed E-state index contributed by atoms with van der Waals surface area (Å²) in [5.41, 5.74) is 4.83. The van der Waals surface area contributed by atoms with Crippen LogP contribution >= 0.6 is 0 Å². The van der Waals surface area contributed by atoms with Crippen LogP contribution in [0.3, 0.4) is 0 Å². The van der Waals surface area contributed by atoms with E-state index in [2.05, 4.69) is 27.7 Å². The highest BCUT2D eigenvalue weighted by atomic mass is 14.7. The van der Waals surface area contributed by atoms with Gasteiger partial charge in [0.15, 0.2) is 0 Å². The molecule has 3 rings (SSSR count). The third-order valence-electron chi connectivity index (χ3n) is 6.36. The minimum Gasteiger partial charge on any atom is -0.0735 e. The second-order valence-electron chi connectivity index (χ2n) is 6.83. The first-order chi connectivity index (χ1) is 7.00. The molecule has 0 nitrogen and oxygen atoms in total. The van der Waals surface area contributed by atoms with Crippen molar-refractivity contribution in [2.45, 2.75) is 59.8 Å². The van der Waals surface area contributed by atoms with Gasteiger partial charge in [-0.1, -0.05) is 31.9 Å². The summed E-state index contributed by atoms with van der Waals surface area (Å²) in [5.74, 6) is 1.91. The Kier molecular flexibility index (Phi) is 1.79. The monoisotopic (exact) mass is 204 g/mol. The number of rotatable bonds is 0. The average Bonchev–Trinajstić information content (AvgIpc) is 2.53. The molecule has 3 atom stereocenters. The Morgan fingerprint density at radius 3 is 2.67 bits per heavy atom. The molecule has 3 aliphatic rings. The molecule has 2 bridgehead atoms. The standard InChI is InChI=1S/C15H24/c1-10-7-8-15-11(2)5-6-12(9-13(10)15)14(15,3)4/h11-12H,5-9H2,1-4H3/t11?,12-,15-/m0/s1. The van der Waals surface area contributed by atoms with E-state index in [0.717, 1.165) is 11.8 Å². The maximum Gasteiger partial charge on any atom is -0.000292 e. The van der Waals surface area contributed by atoms with Gasteiger partial charge < -0.3 is 0 Å². The van der Waals surface area contributed by atoms with Crippen molar-refractivity contribution in [3.05, 3.63) is 11.1 Å². The Morgan fingerprint density at radius 2 is 1.93 bits per heavy atom. The Morgan fingerprint density at radius 1 is 1.20 bits per heavy atom. The van der Waals surface area contributed by atoms with Crippen LogP contribution in [0.1, 0.15) is 59.8 Å². The van der Waals surface area contributed by atoms with Gasteiger partial charge in [-0.2, -0.15) is 0 Å². The van der Waals surface area contributed by atoms with Crippen LogP contribution in [-0.2, 0) is 0 Å². The van der Waals surface area contributed by atoms with Crippen LogP contribution in [0.25, 0.3) is 0 Å². The second kappa shape index (κ2) is 2.70. The average molecular weight is 204 g/mol. The lowest BCUT2D eigenvalue weighted by atomic mass is 9.53. The SMILES string of the molecule is CC1=C2C[C@@H]3CCC(C)[C@]2(CC1)C3(C)C. The predicted octanol–water partition coefficient (Wildman–Crippen LogP) is 4.56. The fourth-order valence-electron chi connectivity index (χ4n) is 5.34. The van der Waals surface area contributed by atoms with Crippen LogP contribution in [0.5, 0.6) is 0 Å². The van der Waals surface area contributed by atoms with Crippen LogP contribution < -0.4 is 0 Å². The van der Waals surface area contributed by atoms with Crippen LogP contribution in [0.2, 0.25) is 0 Å². The van der Waals surface area contributed by atoms with Crippen molar-refractivity contribution in [2.24, 2.45) is 22.7 Å². The van der Waals surface area contributed by atoms with Crippen molar-refractivity contribution in [1.29, 1.82) is 0 Å². The molecule has 0 saturated heterocycles. The minimum absolute atomic E-state index is 0.581. The van der Waals surface area contributed by atoms with Gasteiger partial charge in [0.2, 0.25) is 0 Å². The van der Waals surface area contributed by atoms with E-state index < -0.39 is 0 Å². The summed E-state index contributed by atoms with van der Waals surface area (Å²) in [6, 6.07) is 0. The van der Waals surface area contributed by atoms with E-state index >= 15 is 0 Å². The highest BCUT2D eigenvalue weighted by Gasteiger charge is 2.63. The fraction of sp³-hybridized carbons (Fsp3) is 0.867. The number of allylic oxidation sites excluding steroid dienone is 2. The summed E-state index contributed by atoms with van der Waals surface area (Å²) >= 11 is 0. The molecule has 0 radical (unpaired) electrons. The Hall–Kier alpha value is -0.260. The van der Waals surface area contributed by atoms with Crippen LogP contribution in [0, 0.1) is 22.7 Å². The van der Waals surface area contributed by atoms with Gasteiger partial charge >= 0.3 is 0 Å². The summed E-state index contributed by atoms with van der Waals surface area (Å²) in [6.07, 6.45) is 7.23. The summed E-state index contributed by atoms with van der Waals surface area (Å²) in [5, 5.41) is 0. The molecule has 2 saturated carbocycles. The highest BCUT2D eigenvalue weighted by molar-refractivity contribution is 5.37. The van der Waals surface area contributed by atoms with Crippen molar-refractivity contribution in [2.75, 3.05) is 0 Å². The van der Waals surface area contributed by atoms with Crippen molar-refractivity contribution < 1.29 is 0 Å². The van der Waals surface area contributed by atoms with Gasteiger partial charge in [0, 0.05) is 0 Å². The molecule has 1 unspecified atom stereocenters. The molecule has 0 aromatic heterocycles. The first-order valence-electron chi connectivity index (χ1n) is 6.69. The predicted molar refractivity (Wildman–Crippen MR) is 64.7 cm³/mol. The van der Waals surface area contributed by atoms with Gasteiger partial charge in [0.25, 0.3) is 0 Å². The summed E-state index contributed by atoms with van der Waals surface area (Å²) in [7, 11) is 0. The smallest absolute Gasteiger partial charge is 0.000292 e. The number of hydrogen-bond donors (Lipinski definition) is 0. The molecule has 0 amide bonds. The normalized spacial score (nSPS) is 47.2. The fourth-order valence-corrected chi connectivity index (χ4v) is 5.34. The van der Waals surface area contributed by atoms with E-state index in [-0.39, 0.29) is 0 Å². The van der Waals surface area contributed by atoms with Crippen molar-refractivity contribution in [3.8, 4) is 0 Å². The molecule has 84 valence electrons. The molecule has 0 aromatic rings. The molecule has 0 heteroatoms. The number of hydrogen-bond acceptors (Lipinski definition) is 0. The van der Waals surface area contributed by atoms with E-state index in [1.54, 1.807) is 5.57 Å². The summed E-state index contributed by atoms with van der Waals surface area (Å²) < 4.78 is 0. The zero-order valence-corrected chi connectivity index (χ0v) is 10.7. The first kappa shape index (κ1) is 9.93. The van der Waals surface area contributed by atoms with Gasteiger partial charge in [-0.3, -0.25) is 0 Å². The number of fused-ring (bicyclic) bond motifs is 1. The molecular formula is C15H24. The van der Waals surface area contributed by atoms with Crippen molar-refractivity contribution in [1.82, 2.24) is 0 Å². The van der Waals surface area contributed by atoms with Crippen LogP contribution in [0.15, 0.2) is 11.1 Å². The Balaban J connectivity index is 2.20. The topological polar surface area (TPSA) is 0 Å². The third kappa shape index (κ3) is 0.905. The van der Waals surface area contributed by atoms with E-state index in [0.29, 0.717) is 10.8 Å². The van der Waals surface area contributed by atoms with Gasteiger partial charge in [-0.05, 0) is 61.7 Å². The zero-order valence-electron chi connectivity index (χ0n) is 10.7. The van der Waals surface area contributed by atoms with Crippen molar-refractivity contribution in [3.63, 3.8) is 0 Å². The zero-order chi connectivity index (χ0) is 10.8. The molecular weight excluding hydrogens is 180 g/mol. The summed E-state index contributed by atoms with van der Waals surface area (Å²) in [6.45, 7) is 10.0. The van der Waals surface area contributed by atoms with E-state index in [9.17, 15) is 0 Å². The van der Waals surface area contributed by atoms with Gasteiger partial charge in [-0.25, -0.2) is 0 Å². The van der Waals surface area contributed by atoms with Crippen LogP contribution in [-0.4, -0.2) is 0 Å². The van der Waals surface area contributed by atoms with Gasteiger partial charge in [0.1, 0.15) is 0 Å². The lowest BCUT2D eigenvalue weighted by Crippen LogP contribution is -2.44. The maximum atomic E-state index is 2.55. The Labute approximate surface area is 94.1 Å². The van der Waals surface area contributed by atoms with E-state index in [1.807, 2.05) is 5.57 Å². The molecule has 2 fully saturated rings. The lowest BCUT2D eigenvalue weighted by Gasteiger charge is -2.51. The first-order valence-corrected chi connectivity index (χ1v) is 6.69. The van der Waals surface area contributed by atoms with Crippen LogP contribution in [0.4, 0.5) is 0 Å². The quantitative estimate of drug-likeness (QED) is 0.507. The third-order valence-corrected chi connectivity index (χ3v) is 6.36. The lowest BCUT2D eigenvalue weighted by molar-refractivity contribution is -0.00753. The van der Waals surface area contributed by atoms with Gasteiger partial charge in [-0.15, -0.1) is 0 Å². The summed E-state index contributed by atoms with van der Waals surface area (Å²) in [4.78, 5) is 0. The van der Waals surface area contributed by atoms with E-state index in [1.165, 1.54) is 32.1 Å². The van der Waals surface area contributed by atoms with Crippen molar-refractivity contribution >= 4 is 0 Å². The second-order valence-corrected chi connectivity index (χ2v) is 6.83. The molecule has 0 heterocycles. The molecule has 0 N–H and O–H groups in total. The van der Waals surface area contributed by atoms with Gasteiger partial charge in [0.05, 0.1) is 0 Å². The molecule has 0 aromatic carbocycles. The molecule has 15 heavy (non-hydrogen) atoms. The largest absolute Gasteiger partial charge is 0.0735 e. The highest BCUT2D eigenvalue weighted by Crippen LogP contribution is 2.72. The minimum atomic E-state index is 0.581. The molecule has 1 spiro atoms. The Bertz CT molecular complexity index is 334. The maximum absolute atomic E-state index is 2.55. The molecule has 0 aliphatic heterocycles. The molecule has 3 aliphatic carbocycles. The van der Waals surface area contributed by atoms with E-state index in [4.69, 9.17) is 0 Å².